The van der Waals surface area contributed by atoms with E-state index < -0.39 is 0 Å². The Labute approximate surface area is 168 Å². The number of hydrogen-bond acceptors (Lipinski definition) is 3. The number of ether oxygens (including phenoxy) is 1. The lowest BCUT2D eigenvalue weighted by atomic mass is 9.46. The van der Waals surface area contributed by atoms with Crippen LogP contribution in [0.15, 0.2) is 4.99 Å². The van der Waals surface area contributed by atoms with E-state index in [4.69, 9.17) is 4.74 Å². The Balaban J connectivity index is 0.00000225. The minimum atomic E-state index is -0.225. The summed E-state index contributed by atoms with van der Waals surface area (Å²) in [5, 5.41) is 9.85. The Bertz CT molecular complexity index is 514. The second kappa shape index (κ2) is 7.98. The molecule has 1 amide bonds. The minimum Gasteiger partial charge on any atom is -0.377 e. The number of carbonyl (C=O) groups excluding carboxylic acids is 1. The van der Waals surface area contributed by atoms with E-state index in [-0.39, 0.29) is 42.0 Å². The maximum Gasteiger partial charge on any atom is 0.242 e. The number of halogens is 1. The van der Waals surface area contributed by atoms with Crippen LogP contribution in [-0.4, -0.2) is 49.2 Å². The molecule has 1 spiro atoms. The predicted molar refractivity (Wildman–Crippen MR) is 110 cm³/mol. The van der Waals surface area contributed by atoms with Crippen molar-refractivity contribution in [2.75, 3.05) is 19.7 Å². The largest absolute Gasteiger partial charge is 0.377 e. The number of nitrogens with one attached hydrogen (secondary N) is 3. The van der Waals surface area contributed by atoms with Gasteiger partial charge in [-0.2, -0.15) is 0 Å². The molecule has 3 unspecified atom stereocenters. The normalized spacial score (nSPS) is 29.8. The monoisotopic (exact) mass is 464 g/mol. The lowest BCUT2D eigenvalue weighted by molar-refractivity contribution is -0.171. The summed E-state index contributed by atoms with van der Waals surface area (Å²) in [5.41, 5.74) is 0.0851. The van der Waals surface area contributed by atoms with Gasteiger partial charge >= 0.3 is 0 Å². The van der Waals surface area contributed by atoms with Gasteiger partial charge in [0.1, 0.15) is 6.54 Å². The van der Waals surface area contributed by atoms with Gasteiger partial charge in [0, 0.05) is 36.1 Å². The first-order chi connectivity index (χ1) is 11.4. The molecule has 3 N–H and O–H groups in total. The molecule has 3 rings (SSSR count). The lowest BCUT2D eigenvalue weighted by Crippen LogP contribution is -2.72. The van der Waals surface area contributed by atoms with E-state index in [0.29, 0.717) is 23.5 Å². The number of rotatable bonds is 4. The van der Waals surface area contributed by atoms with Crippen molar-refractivity contribution >= 4 is 35.8 Å². The average Bonchev–Trinajstić information content (AvgIpc) is 2.83. The zero-order valence-electron chi connectivity index (χ0n) is 15.9. The van der Waals surface area contributed by atoms with Crippen molar-refractivity contribution in [3.05, 3.63) is 0 Å². The smallest absolute Gasteiger partial charge is 0.242 e. The van der Waals surface area contributed by atoms with Crippen molar-refractivity contribution in [3.8, 4) is 0 Å². The Kier molecular flexibility index (Phi) is 6.62. The zero-order chi connectivity index (χ0) is 17.4. The number of guanidine groups is 1. The molecule has 0 aromatic rings. The van der Waals surface area contributed by atoms with Crippen molar-refractivity contribution in [2.24, 2.45) is 16.3 Å². The molecular formula is C18H33IN4O2. The molecule has 2 saturated carbocycles. The van der Waals surface area contributed by atoms with Gasteiger partial charge in [-0.1, -0.05) is 6.42 Å². The van der Waals surface area contributed by atoms with Gasteiger partial charge in [-0.3, -0.25) is 4.79 Å². The first kappa shape index (κ1) is 20.7. The van der Waals surface area contributed by atoms with Crippen LogP contribution in [0.2, 0.25) is 0 Å². The average molecular weight is 464 g/mol. The van der Waals surface area contributed by atoms with Crippen LogP contribution in [0.25, 0.3) is 0 Å². The highest BCUT2D eigenvalue weighted by molar-refractivity contribution is 14.0. The molecule has 0 bridgehead atoms. The van der Waals surface area contributed by atoms with E-state index in [0.717, 1.165) is 25.5 Å². The van der Waals surface area contributed by atoms with Gasteiger partial charge in [0.15, 0.2) is 5.96 Å². The fourth-order valence-corrected chi connectivity index (χ4v) is 4.53. The van der Waals surface area contributed by atoms with Gasteiger partial charge in [0.05, 0.1) is 6.10 Å². The lowest BCUT2D eigenvalue weighted by Gasteiger charge is -2.63. The van der Waals surface area contributed by atoms with Crippen LogP contribution in [-0.2, 0) is 9.53 Å². The highest BCUT2D eigenvalue weighted by Crippen LogP contribution is 2.62. The van der Waals surface area contributed by atoms with Gasteiger partial charge < -0.3 is 20.7 Å². The number of aliphatic imine (C=N–C) groups is 1. The highest BCUT2D eigenvalue weighted by atomic mass is 127. The van der Waals surface area contributed by atoms with Gasteiger partial charge in [-0.25, -0.2) is 4.99 Å². The topological polar surface area (TPSA) is 74.8 Å². The maximum atomic E-state index is 12.0. The third-order valence-corrected chi connectivity index (χ3v) is 5.57. The Hall–Kier alpha value is -0.570. The first-order valence-corrected chi connectivity index (χ1v) is 9.33. The molecule has 3 fully saturated rings. The van der Waals surface area contributed by atoms with Crippen molar-refractivity contribution in [3.63, 3.8) is 0 Å². The number of nitrogens with zero attached hydrogens (tertiary/aromatic N) is 1. The number of hydrogen-bond donors (Lipinski definition) is 3. The van der Waals surface area contributed by atoms with Crippen molar-refractivity contribution in [2.45, 2.75) is 71.1 Å². The molecule has 3 atom stereocenters. The molecule has 25 heavy (non-hydrogen) atoms. The summed E-state index contributed by atoms with van der Waals surface area (Å²) in [7, 11) is 0. The van der Waals surface area contributed by atoms with Crippen molar-refractivity contribution in [1.82, 2.24) is 16.0 Å². The molecule has 3 aliphatic rings. The summed E-state index contributed by atoms with van der Waals surface area (Å²) in [6.45, 7) is 9.81. The zero-order valence-corrected chi connectivity index (χ0v) is 18.2. The van der Waals surface area contributed by atoms with Gasteiger partial charge in [-0.15, -0.1) is 24.0 Å². The van der Waals surface area contributed by atoms with Gasteiger partial charge in [0.2, 0.25) is 5.91 Å². The molecule has 2 aliphatic carbocycles. The quantitative estimate of drug-likeness (QED) is 0.338. The highest BCUT2D eigenvalue weighted by Gasteiger charge is 2.66. The van der Waals surface area contributed by atoms with Crippen molar-refractivity contribution < 1.29 is 9.53 Å². The molecule has 1 saturated heterocycles. The minimum absolute atomic E-state index is 0. The molecule has 1 aliphatic heterocycles. The summed E-state index contributed by atoms with van der Waals surface area (Å²) in [6.07, 6.45) is 5.36. The van der Waals surface area contributed by atoms with Crippen LogP contribution in [0, 0.1) is 11.3 Å². The van der Waals surface area contributed by atoms with Crippen LogP contribution in [0.3, 0.4) is 0 Å². The summed E-state index contributed by atoms with van der Waals surface area (Å²) >= 11 is 0. The fraction of sp³-hybridized carbons (Fsp3) is 0.889. The Morgan fingerprint density at radius 1 is 1.32 bits per heavy atom. The summed E-state index contributed by atoms with van der Waals surface area (Å²) < 4.78 is 5.97. The summed E-state index contributed by atoms with van der Waals surface area (Å²) in [5.74, 6) is 1.30. The second-order valence-corrected chi connectivity index (χ2v) is 8.45. The Morgan fingerprint density at radius 3 is 2.60 bits per heavy atom. The molecule has 0 aromatic carbocycles. The number of fused-ring (bicyclic) bond motifs is 2. The van der Waals surface area contributed by atoms with E-state index in [9.17, 15) is 4.79 Å². The molecule has 144 valence electrons. The first-order valence-electron chi connectivity index (χ1n) is 9.33. The second-order valence-electron chi connectivity index (χ2n) is 8.45. The van der Waals surface area contributed by atoms with Gasteiger partial charge in [0.25, 0.3) is 0 Å². The third-order valence-electron chi connectivity index (χ3n) is 5.57. The van der Waals surface area contributed by atoms with E-state index in [1.54, 1.807) is 0 Å². The summed E-state index contributed by atoms with van der Waals surface area (Å²) in [6, 6.07) is 0.433. The van der Waals surface area contributed by atoms with Crippen molar-refractivity contribution in [1.29, 1.82) is 0 Å². The standard InChI is InChI=1S/C18H32N4O2.HI/c1-5-19-16(20-11-13(23)22-17(2,3)4)21-14-12-7-10-24-15(12)18(14)8-6-9-18;/h12,14-15H,5-11H2,1-4H3,(H,22,23)(H2,19,20,21);1H. The third kappa shape index (κ3) is 4.23. The number of carbonyl (C=O) groups is 1. The van der Waals surface area contributed by atoms with Crippen LogP contribution in [0.5, 0.6) is 0 Å². The maximum absolute atomic E-state index is 12.0. The van der Waals surface area contributed by atoms with E-state index in [1.165, 1.54) is 19.3 Å². The van der Waals surface area contributed by atoms with E-state index in [2.05, 4.69) is 20.9 Å². The van der Waals surface area contributed by atoms with Crippen LogP contribution in [0.1, 0.15) is 53.4 Å². The fourth-order valence-electron chi connectivity index (χ4n) is 4.53. The van der Waals surface area contributed by atoms with Crippen LogP contribution >= 0.6 is 24.0 Å². The molecule has 1 heterocycles. The van der Waals surface area contributed by atoms with Crippen LogP contribution in [0.4, 0.5) is 0 Å². The molecule has 7 heteroatoms. The molecule has 0 aromatic heterocycles. The molecular weight excluding hydrogens is 431 g/mol. The molecule has 6 nitrogen and oxygen atoms in total. The van der Waals surface area contributed by atoms with E-state index in [1.807, 2.05) is 27.7 Å². The van der Waals surface area contributed by atoms with Crippen LogP contribution < -0.4 is 16.0 Å². The molecule has 0 radical (unpaired) electrons. The number of amides is 1. The van der Waals surface area contributed by atoms with Gasteiger partial charge in [-0.05, 0) is 47.0 Å². The SMILES string of the molecule is CCNC(=NCC(=O)NC(C)(C)C)NC1C2CCOC2C12CCC2.I. The predicted octanol–water partition coefficient (Wildman–Crippen LogP) is 2.03. The Morgan fingerprint density at radius 2 is 2.04 bits per heavy atom. The summed E-state index contributed by atoms with van der Waals surface area (Å²) in [4.78, 5) is 16.5. The van der Waals surface area contributed by atoms with E-state index >= 15 is 0 Å².